The molecule has 102 valence electrons. The lowest BCUT2D eigenvalue weighted by Crippen LogP contribution is -2.51. The first-order chi connectivity index (χ1) is 7.83. The molecule has 0 heterocycles. The molecular formula is C12H23F3N2. The lowest BCUT2D eigenvalue weighted by Gasteiger charge is -2.40. The van der Waals surface area contributed by atoms with Crippen LogP contribution in [0, 0.1) is 5.92 Å². The Kier molecular flexibility index (Phi) is 5.25. The molecule has 0 bridgehead atoms. The number of hydrogen-bond acceptors (Lipinski definition) is 2. The van der Waals surface area contributed by atoms with Gasteiger partial charge in [-0.1, -0.05) is 6.92 Å². The van der Waals surface area contributed by atoms with E-state index in [1.54, 1.807) is 7.05 Å². The van der Waals surface area contributed by atoms with Gasteiger partial charge in [-0.05, 0) is 39.3 Å². The van der Waals surface area contributed by atoms with Crippen LogP contribution in [0.15, 0.2) is 0 Å². The Balaban J connectivity index is 2.49. The lowest BCUT2D eigenvalue weighted by molar-refractivity contribution is -0.139. The summed E-state index contributed by atoms with van der Waals surface area (Å²) in [6.07, 6.45) is -1.57. The van der Waals surface area contributed by atoms with Crippen molar-refractivity contribution in [3.05, 3.63) is 0 Å². The van der Waals surface area contributed by atoms with E-state index < -0.39 is 12.6 Å². The number of nitrogens with zero attached hydrogens (tertiary/aromatic N) is 1. The molecule has 1 rings (SSSR count). The summed E-state index contributed by atoms with van der Waals surface area (Å²) >= 11 is 0. The molecule has 3 unspecified atom stereocenters. The summed E-state index contributed by atoms with van der Waals surface area (Å²) in [7, 11) is 3.70. The van der Waals surface area contributed by atoms with Crippen molar-refractivity contribution in [3.63, 3.8) is 0 Å². The molecule has 1 fully saturated rings. The second kappa shape index (κ2) is 6.05. The van der Waals surface area contributed by atoms with Crippen LogP contribution in [-0.2, 0) is 0 Å². The predicted octanol–water partition coefficient (Wildman–Crippen LogP) is 2.65. The van der Waals surface area contributed by atoms with Crippen LogP contribution in [0.1, 0.15) is 32.6 Å². The topological polar surface area (TPSA) is 15.3 Å². The Morgan fingerprint density at radius 3 is 2.47 bits per heavy atom. The summed E-state index contributed by atoms with van der Waals surface area (Å²) in [4.78, 5) is 1.87. The Morgan fingerprint density at radius 1 is 1.29 bits per heavy atom. The smallest absolute Gasteiger partial charge is 0.315 e. The van der Waals surface area contributed by atoms with Crippen LogP contribution in [-0.4, -0.2) is 43.8 Å². The molecule has 1 saturated carbocycles. The molecule has 2 nitrogen and oxygen atoms in total. The number of halogens is 3. The second-order valence-electron chi connectivity index (χ2n) is 5.23. The highest BCUT2D eigenvalue weighted by atomic mass is 19.4. The summed E-state index contributed by atoms with van der Waals surface area (Å²) in [6, 6.07) is 0.551. The molecule has 1 N–H and O–H groups in total. The van der Waals surface area contributed by atoms with Crippen molar-refractivity contribution < 1.29 is 13.2 Å². The molecule has 0 aliphatic heterocycles. The Hall–Kier alpha value is -0.290. The average molecular weight is 252 g/mol. The monoisotopic (exact) mass is 252 g/mol. The van der Waals surface area contributed by atoms with Crippen molar-refractivity contribution in [1.82, 2.24) is 10.2 Å². The van der Waals surface area contributed by atoms with Gasteiger partial charge < -0.3 is 10.2 Å². The van der Waals surface area contributed by atoms with Crippen molar-refractivity contribution in [2.24, 2.45) is 5.92 Å². The molecule has 1 aliphatic carbocycles. The third kappa shape index (κ3) is 4.84. The molecule has 0 aromatic rings. The van der Waals surface area contributed by atoms with E-state index in [4.69, 9.17) is 0 Å². The minimum Gasteiger partial charge on any atom is -0.315 e. The molecule has 5 heteroatoms. The molecule has 17 heavy (non-hydrogen) atoms. The number of alkyl halides is 3. The standard InChI is InChI=1S/C12H23F3N2/c1-9-4-5-10(16-2)11(8-9)17(3)7-6-12(13,14)15/h9-11,16H,4-8H2,1-3H3. The van der Waals surface area contributed by atoms with E-state index in [0.29, 0.717) is 12.0 Å². The number of likely N-dealkylation sites (N-methyl/N-ethyl adjacent to an activating group) is 2. The van der Waals surface area contributed by atoms with Gasteiger partial charge in [0.25, 0.3) is 0 Å². The maximum atomic E-state index is 12.2. The minimum atomic E-state index is -4.05. The maximum absolute atomic E-state index is 12.2. The van der Waals surface area contributed by atoms with Gasteiger partial charge in [0, 0.05) is 18.6 Å². The maximum Gasteiger partial charge on any atom is 0.390 e. The van der Waals surface area contributed by atoms with Crippen molar-refractivity contribution in [1.29, 1.82) is 0 Å². The molecule has 0 radical (unpaired) electrons. The highest BCUT2D eigenvalue weighted by Crippen LogP contribution is 2.28. The number of nitrogens with one attached hydrogen (secondary N) is 1. The van der Waals surface area contributed by atoms with Crippen molar-refractivity contribution in [2.75, 3.05) is 20.6 Å². The summed E-state index contributed by atoms with van der Waals surface area (Å²) in [6.45, 7) is 2.27. The van der Waals surface area contributed by atoms with Gasteiger partial charge in [0.1, 0.15) is 0 Å². The van der Waals surface area contributed by atoms with Crippen LogP contribution >= 0.6 is 0 Å². The zero-order valence-electron chi connectivity index (χ0n) is 10.8. The molecule has 0 saturated heterocycles. The predicted molar refractivity (Wildman–Crippen MR) is 63.0 cm³/mol. The van der Waals surface area contributed by atoms with Crippen molar-refractivity contribution >= 4 is 0 Å². The highest BCUT2D eigenvalue weighted by Gasteiger charge is 2.33. The fourth-order valence-electron chi connectivity index (χ4n) is 2.64. The van der Waals surface area contributed by atoms with Gasteiger partial charge in [0.05, 0.1) is 6.42 Å². The van der Waals surface area contributed by atoms with Gasteiger partial charge in [-0.2, -0.15) is 13.2 Å². The molecule has 3 atom stereocenters. The Morgan fingerprint density at radius 2 is 1.94 bits per heavy atom. The van der Waals surface area contributed by atoms with E-state index in [-0.39, 0.29) is 12.6 Å². The molecule has 0 spiro atoms. The first-order valence-corrected chi connectivity index (χ1v) is 6.27. The Bertz CT molecular complexity index is 230. The summed E-state index contributed by atoms with van der Waals surface area (Å²) in [5, 5.41) is 3.23. The second-order valence-corrected chi connectivity index (χ2v) is 5.23. The van der Waals surface area contributed by atoms with Crippen LogP contribution in [0.25, 0.3) is 0 Å². The first kappa shape index (κ1) is 14.8. The summed E-state index contributed by atoms with van der Waals surface area (Å²) in [5.74, 6) is 0.609. The quantitative estimate of drug-likeness (QED) is 0.827. The SMILES string of the molecule is CNC1CCC(C)CC1N(C)CCC(F)(F)F. The average Bonchev–Trinajstić information content (AvgIpc) is 2.25. The largest absolute Gasteiger partial charge is 0.390 e. The minimum absolute atomic E-state index is 0.0963. The molecular weight excluding hydrogens is 229 g/mol. The van der Waals surface area contributed by atoms with Gasteiger partial charge >= 0.3 is 6.18 Å². The molecule has 0 amide bonds. The van der Waals surface area contributed by atoms with Crippen molar-refractivity contribution in [2.45, 2.75) is 50.9 Å². The van der Waals surface area contributed by atoms with Crippen molar-refractivity contribution in [3.8, 4) is 0 Å². The third-order valence-corrected chi connectivity index (χ3v) is 3.76. The third-order valence-electron chi connectivity index (χ3n) is 3.76. The summed E-state index contributed by atoms with van der Waals surface area (Å²) < 4.78 is 36.6. The van der Waals surface area contributed by atoms with Crippen LogP contribution in [0.5, 0.6) is 0 Å². The van der Waals surface area contributed by atoms with E-state index >= 15 is 0 Å². The molecule has 0 aromatic carbocycles. The fraction of sp³-hybridized carbons (Fsp3) is 1.00. The van der Waals surface area contributed by atoms with Crippen LogP contribution < -0.4 is 5.32 Å². The molecule has 0 aromatic heterocycles. The van der Waals surface area contributed by atoms with Gasteiger partial charge in [-0.15, -0.1) is 0 Å². The lowest BCUT2D eigenvalue weighted by atomic mass is 9.82. The van der Waals surface area contributed by atoms with E-state index in [9.17, 15) is 13.2 Å². The normalized spacial score (nSPS) is 30.9. The van der Waals surface area contributed by atoms with E-state index in [1.165, 1.54) is 0 Å². The summed E-state index contributed by atoms with van der Waals surface area (Å²) in [5.41, 5.74) is 0. The highest BCUT2D eigenvalue weighted by molar-refractivity contribution is 4.88. The fourth-order valence-corrected chi connectivity index (χ4v) is 2.64. The number of hydrogen-bond donors (Lipinski definition) is 1. The Labute approximate surface area is 102 Å². The van der Waals surface area contributed by atoms with Crippen LogP contribution in [0.4, 0.5) is 13.2 Å². The van der Waals surface area contributed by atoms with Gasteiger partial charge in [0.15, 0.2) is 0 Å². The van der Waals surface area contributed by atoms with E-state index in [1.807, 2.05) is 11.9 Å². The first-order valence-electron chi connectivity index (χ1n) is 6.27. The van der Waals surface area contributed by atoms with E-state index in [0.717, 1.165) is 19.3 Å². The van der Waals surface area contributed by atoms with E-state index in [2.05, 4.69) is 12.2 Å². The van der Waals surface area contributed by atoms with Gasteiger partial charge in [-0.3, -0.25) is 0 Å². The van der Waals surface area contributed by atoms with Gasteiger partial charge in [0.2, 0.25) is 0 Å². The van der Waals surface area contributed by atoms with Gasteiger partial charge in [-0.25, -0.2) is 0 Å². The molecule has 1 aliphatic rings. The zero-order valence-corrected chi connectivity index (χ0v) is 10.8. The zero-order chi connectivity index (χ0) is 13.1. The number of rotatable bonds is 4. The van der Waals surface area contributed by atoms with Crippen LogP contribution in [0.3, 0.4) is 0 Å². The van der Waals surface area contributed by atoms with Crippen LogP contribution in [0.2, 0.25) is 0 Å².